The summed E-state index contributed by atoms with van der Waals surface area (Å²) < 4.78 is 48.1. The van der Waals surface area contributed by atoms with Crippen LogP contribution in [0, 0.1) is 0 Å². The summed E-state index contributed by atoms with van der Waals surface area (Å²) in [6, 6.07) is 5.03. The van der Waals surface area contributed by atoms with Gasteiger partial charge in [0.1, 0.15) is 6.10 Å². The number of rotatable bonds is 6. The van der Waals surface area contributed by atoms with Crippen LogP contribution in [0.3, 0.4) is 0 Å². The van der Waals surface area contributed by atoms with Crippen molar-refractivity contribution in [3.05, 3.63) is 47.2 Å². The minimum Gasteiger partial charge on any atom is -0.459 e. The molecular weight excluding hydrogens is 421 g/mol. The first-order valence-electron chi connectivity index (χ1n) is 10.8. The van der Waals surface area contributed by atoms with Crippen molar-refractivity contribution in [2.24, 2.45) is 0 Å². The number of nitrogens with one attached hydrogen (secondary N) is 2. The first-order chi connectivity index (χ1) is 15.2. The number of piperidine rings is 1. The van der Waals surface area contributed by atoms with Gasteiger partial charge < -0.3 is 15.4 Å². The Bertz CT molecular complexity index is 1080. The summed E-state index contributed by atoms with van der Waals surface area (Å²) in [5.41, 5.74) is 0.929. The number of fused-ring (bicyclic) bond motifs is 1. The van der Waals surface area contributed by atoms with Gasteiger partial charge in [0.15, 0.2) is 5.65 Å². The van der Waals surface area contributed by atoms with Gasteiger partial charge in [-0.1, -0.05) is 32.0 Å². The molecule has 0 spiro atoms. The van der Waals surface area contributed by atoms with Crippen LogP contribution in [0.25, 0.3) is 5.65 Å². The van der Waals surface area contributed by atoms with Crippen LogP contribution in [-0.4, -0.2) is 38.8 Å². The summed E-state index contributed by atoms with van der Waals surface area (Å²) >= 11 is 0. The quantitative estimate of drug-likeness (QED) is 0.575. The summed E-state index contributed by atoms with van der Waals surface area (Å²) in [5, 5.41) is 10.8. The average molecular weight is 448 g/mol. The van der Waals surface area contributed by atoms with Gasteiger partial charge in [0.25, 0.3) is 0 Å². The Morgan fingerprint density at radius 1 is 1.16 bits per heavy atom. The highest BCUT2D eigenvalue weighted by Crippen LogP contribution is 2.35. The Morgan fingerprint density at radius 3 is 2.62 bits per heavy atom. The summed E-state index contributed by atoms with van der Waals surface area (Å²) in [6.45, 7) is 7.36. The second-order valence-electron chi connectivity index (χ2n) is 8.36. The van der Waals surface area contributed by atoms with E-state index in [4.69, 9.17) is 4.74 Å². The molecule has 0 aliphatic carbocycles. The number of aromatic nitrogens is 4. The third-order valence-corrected chi connectivity index (χ3v) is 5.60. The lowest BCUT2D eigenvalue weighted by Crippen LogP contribution is -2.37. The van der Waals surface area contributed by atoms with Gasteiger partial charge in [0.2, 0.25) is 5.95 Å². The number of benzene rings is 1. The van der Waals surface area contributed by atoms with Gasteiger partial charge in [0.05, 0.1) is 17.8 Å². The Kier molecular flexibility index (Phi) is 6.23. The Morgan fingerprint density at radius 2 is 1.94 bits per heavy atom. The van der Waals surface area contributed by atoms with Crippen molar-refractivity contribution in [3.63, 3.8) is 0 Å². The van der Waals surface area contributed by atoms with Crippen molar-refractivity contribution >= 4 is 11.6 Å². The molecule has 0 bridgehead atoms. The van der Waals surface area contributed by atoms with Gasteiger partial charge in [-0.25, -0.2) is 0 Å². The lowest BCUT2D eigenvalue weighted by atomic mass is 10.0. The van der Waals surface area contributed by atoms with E-state index in [0.717, 1.165) is 31.0 Å². The number of ether oxygens (including phenoxy) is 1. The van der Waals surface area contributed by atoms with Crippen LogP contribution < -0.4 is 15.4 Å². The first-order valence-corrected chi connectivity index (χ1v) is 10.8. The molecule has 2 aromatic heterocycles. The van der Waals surface area contributed by atoms with Crippen molar-refractivity contribution in [2.45, 2.75) is 57.9 Å². The van der Waals surface area contributed by atoms with E-state index in [2.05, 4.69) is 25.7 Å². The zero-order chi connectivity index (χ0) is 22.9. The standard InChI is InChI=1S/C22H27F3N6O/c1-13(2)17-12-27-31-19(17)29-21(32-15-7-6-10-26-11-15)30-20(31)28-14(3)16-8-4-5-9-18(16)22(23,24)25/h4-5,8-9,12-15,26H,6-7,10-11H2,1-3H3,(H,28,29,30). The van der Waals surface area contributed by atoms with E-state index in [-0.39, 0.29) is 29.5 Å². The zero-order valence-corrected chi connectivity index (χ0v) is 18.3. The molecule has 2 unspecified atom stereocenters. The van der Waals surface area contributed by atoms with E-state index in [9.17, 15) is 13.2 Å². The van der Waals surface area contributed by atoms with Gasteiger partial charge in [-0.15, -0.1) is 0 Å². The number of halogens is 3. The van der Waals surface area contributed by atoms with E-state index in [1.54, 1.807) is 19.2 Å². The van der Waals surface area contributed by atoms with Crippen LogP contribution in [0.5, 0.6) is 6.01 Å². The fraction of sp³-hybridized carbons (Fsp3) is 0.500. The van der Waals surface area contributed by atoms with Crippen LogP contribution in [0.1, 0.15) is 62.3 Å². The molecule has 7 nitrogen and oxygen atoms in total. The number of nitrogens with zero attached hydrogens (tertiary/aromatic N) is 4. The molecule has 2 N–H and O–H groups in total. The smallest absolute Gasteiger partial charge is 0.416 e. The lowest BCUT2D eigenvalue weighted by Gasteiger charge is -2.24. The lowest BCUT2D eigenvalue weighted by molar-refractivity contribution is -0.138. The fourth-order valence-corrected chi connectivity index (χ4v) is 3.90. The van der Waals surface area contributed by atoms with Gasteiger partial charge in [-0.2, -0.15) is 32.8 Å². The maximum absolute atomic E-state index is 13.5. The Balaban J connectivity index is 1.71. The van der Waals surface area contributed by atoms with Crippen molar-refractivity contribution in [1.29, 1.82) is 0 Å². The third-order valence-electron chi connectivity index (χ3n) is 5.60. The second kappa shape index (κ2) is 8.93. The van der Waals surface area contributed by atoms with Crippen LogP contribution in [0.4, 0.5) is 19.1 Å². The molecule has 172 valence electrons. The summed E-state index contributed by atoms with van der Waals surface area (Å²) in [4.78, 5) is 9.04. The van der Waals surface area contributed by atoms with Crippen molar-refractivity contribution in [1.82, 2.24) is 24.9 Å². The Hall–Kier alpha value is -2.88. The van der Waals surface area contributed by atoms with Gasteiger partial charge >= 0.3 is 12.2 Å². The predicted molar refractivity (Wildman–Crippen MR) is 115 cm³/mol. The van der Waals surface area contributed by atoms with E-state index >= 15 is 0 Å². The molecule has 1 saturated heterocycles. The summed E-state index contributed by atoms with van der Waals surface area (Å²) in [7, 11) is 0. The summed E-state index contributed by atoms with van der Waals surface area (Å²) in [5.74, 6) is 0.438. The van der Waals surface area contributed by atoms with Crippen LogP contribution in [0.15, 0.2) is 30.5 Å². The van der Waals surface area contributed by atoms with Crippen molar-refractivity contribution < 1.29 is 17.9 Å². The second-order valence-corrected chi connectivity index (χ2v) is 8.36. The molecule has 0 saturated carbocycles. The molecule has 0 amide bonds. The van der Waals surface area contributed by atoms with Crippen LogP contribution in [0.2, 0.25) is 0 Å². The molecule has 1 aromatic carbocycles. The van der Waals surface area contributed by atoms with E-state index in [0.29, 0.717) is 12.2 Å². The zero-order valence-electron chi connectivity index (χ0n) is 18.3. The molecule has 2 atom stereocenters. The predicted octanol–water partition coefficient (Wildman–Crippen LogP) is 4.57. The highest BCUT2D eigenvalue weighted by atomic mass is 19.4. The topological polar surface area (TPSA) is 76.4 Å². The van der Waals surface area contributed by atoms with Crippen LogP contribution in [-0.2, 0) is 6.18 Å². The molecule has 0 radical (unpaired) electrons. The number of hydrogen-bond acceptors (Lipinski definition) is 6. The first kappa shape index (κ1) is 22.3. The molecule has 10 heteroatoms. The molecular formula is C22H27F3N6O. The monoisotopic (exact) mass is 448 g/mol. The molecule has 1 fully saturated rings. The van der Waals surface area contributed by atoms with E-state index in [1.165, 1.54) is 16.6 Å². The third kappa shape index (κ3) is 4.64. The van der Waals surface area contributed by atoms with Gasteiger partial charge in [-0.3, -0.25) is 0 Å². The fourth-order valence-electron chi connectivity index (χ4n) is 3.90. The van der Waals surface area contributed by atoms with E-state index in [1.807, 2.05) is 13.8 Å². The van der Waals surface area contributed by atoms with Crippen molar-refractivity contribution in [2.75, 3.05) is 18.4 Å². The van der Waals surface area contributed by atoms with E-state index < -0.39 is 17.8 Å². The van der Waals surface area contributed by atoms with Gasteiger partial charge in [-0.05, 0) is 43.9 Å². The molecule has 1 aliphatic heterocycles. The maximum atomic E-state index is 13.5. The largest absolute Gasteiger partial charge is 0.459 e. The average Bonchev–Trinajstić information content (AvgIpc) is 3.18. The minimum atomic E-state index is -4.45. The number of anilines is 1. The Labute approximate surface area is 184 Å². The van der Waals surface area contributed by atoms with Gasteiger partial charge in [0, 0.05) is 12.1 Å². The molecule has 4 rings (SSSR count). The maximum Gasteiger partial charge on any atom is 0.416 e. The molecule has 32 heavy (non-hydrogen) atoms. The molecule has 3 heterocycles. The highest BCUT2D eigenvalue weighted by molar-refractivity contribution is 5.53. The summed E-state index contributed by atoms with van der Waals surface area (Å²) in [6.07, 6.45) is -0.928. The number of hydrogen-bond donors (Lipinski definition) is 2. The molecule has 3 aromatic rings. The number of alkyl halides is 3. The highest BCUT2D eigenvalue weighted by Gasteiger charge is 2.34. The minimum absolute atomic E-state index is 0.0622. The SMILES string of the molecule is CC(C)c1cnn2c(NC(C)c3ccccc3C(F)(F)F)nc(OC3CCCNC3)nc12. The van der Waals surface area contributed by atoms with Crippen LogP contribution >= 0.6 is 0 Å². The van der Waals surface area contributed by atoms with Crippen molar-refractivity contribution in [3.8, 4) is 6.01 Å². The molecule has 1 aliphatic rings. The normalized spacial score (nSPS) is 18.2.